The van der Waals surface area contributed by atoms with Crippen LogP contribution in [0.3, 0.4) is 0 Å². The molecule has 0 radical (unpaired) electrons. The molecule has 0 atom stereocenters. The first kappa shape index (κ1) is 15.0. The second-order valence-corrected chi connectivity index (χ2v) is 4.62. The van der Waals surface area contributed by atoms with Crippen LogP contribution < -0.4 is 10.6 Å². The van der Waals surface area contributed by atoms with Crippen LogP contribution in [0, 0.1) is 6.92 Å². The Morgan fingerprint density at radius 3 is 2.61 bits per heavy atom. The molecule has 1 aromatic rings. The number of nitrogens with one attached hydrogen (secondary N) is 2. The van der Waals surface area contributed by atoms with Crippen molar-refractivity contribution in [2.45, 2.75) is 25.7 Å². The molecule has 0 saturated carbocycles. The second kappa shape index (κ2) is 6.76. The van der Waals surface area contributed by atoms with E-state index in [0.717, 1.165) is 37.1 Å². The highest BCUT2D eigenvalue weighted by Crippen LogP contribution is 2.29. The van der Waals surface area contributed by atoms with Crippen molar-refractivity contribution in [2.24, 2.45) is 0 Å². The maximum atomic E-state index is 11.7. The number of carbonyl (C=O) groups is 1. The van der Waals surface area contributed by atoms with Gasteiger partial charge in [-0.25, -0.2) is 0 Å². The van der Waals surface area contributed by atoms with Gasteiger partial charge in [-0.1, -0.05) is 12.1 Å². The van der Waals surface area contributed by atoms with Gasteiger partial charge in [-0.15, -0.1) is 12.4 Å². The van der Waals surface area contributed by atoms with Gasteiger partial charge in [0.05, 0.1) is 0 Å². The zero-order chi connectivity index (χ0) is 12.3. The van der Waals surface area contributed by atoms with Crippen molar-refractivity contribution < 1.29 is 4.79 Å². The van der Waals surface area contributed by atoms with E-state index in [1.54, 1.807) is 7.05 Å². The third-order valence-corrected chi connectivity index (χ3v) is 3.63. The molecule has 0 aliphatic carbocycles. The number of amides is 1. The van der Waals surface area contributed by atoms with Gasteiger partial charge in [0.2, 0.25) is 0 Å². The highest BCUT2D eigenvalue weighted by atomic mass is 35.5. The lowest BCUT2D eigenvalue weighted by atomic mass is 9.86. The number of carbonyl (C=O) groups excluding carboxylic acids is 1. The van der Waals surface area contributed by atoms with Crippen molar-refractivity contribution in [1.29, 1.82) is 0 Å². The lowest BCUT2D eigenvalue weighted by molar-refractivity contribution is 0.0962. The van der Waals surface area contributed by atoms with Crippen molar-refractivity contribution in [3.05, 3.63) is 34.9 Å². The molecule has 0 unspecified atom stereocenters. The van der Waals surface area contributed by atoms with Gasteiger partial charge < -0.3 is 10.6 Å². The minimum atomic E-state index is 0. The predicted molar refractivity (Wildman–Crippen MR) is 76.7 cm³/mol. The Morgan fingerprint density at radius 2 is 2.00 bits per heavy atom. The van der Waals surface area contributed by atoms with Crippen LogP contribution in [0.5, 0.6) is 0 Å². The topological polar surface area (TPSA) is 41.1 Å². The van der Waals surface area contributed by atoms with Gasteiger partial charge in [0.15, 0.2) is 0 Å². The van der Waals surface area contributed by atoms with Crippen LogP contribution in [-0.2, 0) is 0 Å². The normalized spacial score (nSPS) is 15.9. The highest BCUT2D eigenvalue weighted by molar-refractivity contribution is 5.95. The number of hydrogen-bond acceptors (Lipinski definition) is 2. The standard InChI is InChI=1S/C14H20N2O.ClH/c1-10-12(11-6-8-16-9-7-11)4-3-5-13(10)14(17)15-2;/h3-5,11,16H,6-9H2,1-2H3,(H,15,17);1H. The Morgan fingerprint density at radius 1 is 1.33 bits per heavy atom. The van der Waals surface area contributed by atoms with Crippen LogP contribution in [-0.4, -0.2) is 26.0 Å². The molecular weight excluding hydrogens is 248 g/mol. The van der Waals surface area contributed by atoms with E-state index in [-0.39, 0.29) is 18.3 Å². The molecular formula is C14H21ClN2O. The first-order valence-electron chi connectivity index (χ1n) is 6.26. The Hall–Kier alpha value is -1.06. The number of piperidine rings is 1. The summed E-state index contributed by atoms with van der Waals surface area (Å²) in [5.41, 5.74) is 3.29. The molecule has 0 aromatic heterocycles. The van der Waals surface area contributed by atoms with E-state index in [0.29, 0.717) is 5.92 Å². The fourth-order valence-electron chi connectivity index (χ4n) is 2.61. The molecule has 2 rings (SSSR count). The van der Waals surface area contributed by atoms with Gasteiger partial charge in [0.25, 0.3) is 5.91 Å². The van der Waals surface area contributed by atoms with Gasteiger partial charge in [0, 0.05) is 12.6 Å². The Bertz CT molecular complexity index is 414. The number of halogens is 1. The van der Waals surface area contributed by atoms with Gasteiger partial charge in [-0.3, -0.25) is 4.79 Å². The summed E-state index contributed by atoms with van der Waals surface area (Å²) in [7, 11) is 1.68. The monoisotopic (exact) mass is 268 g/mol. The van der Waals surface area contributed by atoms with Gasteiger partial charge in [0.1, 0.15) is 0 Å². The van der Waals surface area contributed by atoms with Crippen LogP contribution in [0.25, 0.3) is 0 Å². The zero-order valence-corrected chi connectivity index (χ0v) is 11.8. The van der Waals surface area contributed by atoms with Gasteiger partial charge >= 0.3 is 0 Å². The summed E-state index contributed by atoms with van der Waals surface area (Å²) in [5.74, 6) is 0.610. The molecule has 1 aliphatic heterocycles. The Balaban J connectivity index is 0.00000162. The van der Waals surface area contributed by atoms with Crippen LogP contribution in [0.4, 0.5) is 0 Å². The van der Waals surface area contributed by atoms with E-state index >= 15 is 0 Å². The van der Waals surface area contributed by atoms with Gasteiger partial charge in [-0.2, -0.15) is 0 Å². The Kier molecular flexibility index (Phi) is 5.63. The molecule has 0 bridgehead atoms. The van der Waals surface area contributed by atoms with E-state index < -0.39 is 0 Å². The van der Waals surface area contributed by atoms with Gasteiger partial charge in [-0.05, 0) is 56.0 Å². The van der Waals surface area contributed by atoms with E-state index in [4.69, 9.17) is 0 Å². The van der Waals surface area contributed by atoms with Crippen molar-refractivity contribution in [3.63, 3.8) is 0 Å². The fraction of sp³-hybridized carbons (Fsp3) is 0.500. The zero-order valence-electron chi connectivity index (χ0n) is 11.0. The second-order valence-electron chi connectivity index (χ2n) is 4.62. The average Bonchev–Trinajstić information content (AvgIpc) is 2.39. The smallest absolute Gasteiger partial charge is 0.251 e. The molecule has 100 valence electrons. The summed E-state index contributed by atoms with van der Waals surface area (Å²) in [5, 5.41) is 6.07. The van der Waals surface area contributed by atoms with Crippen molar-refractivity contribution in [3.8, 4) is 0 Å². The van der Waals surface area contributed by atoms with Crippen molar-refractivity contribution >= 4 is 18.3 Å². The van der Waals surface area contributed by atoms with E-state index in [9.17, 15) is 4.79 Å². The molecule has 2 N–H and O–H groups in total. The van der Waals surface area contributed by atoms with Crippen molar-refractivity contribution in [2.75, 3.05) is 20.1 Å². The molecule has 1 saturated heterocycles. The largest absolute Gasteiger partial charge is 0.355 e. The van der Waals surface area contributed by atoms with E-state index in [2.05, 4.69) is 23.6 Å². The minimum absolute atomic E-state index is 0. The molecule has 3 nitrogen and oxygen atoms in total. The molecule has 1 heterocycles. The first-order valence-corrected chi connectivity index (χ1v) is 6.26. The molecule has 4 heteroatoms. The number of rotatable bonds is 2. The van der Waals surface area contributed by atoms with Crippen molar-refractivity contribution in [1.82, 2.24) is 10.6 Å². The predicted octanol–water partition coefficient (Wildman–Crippen LogP) is 2.24. The number of benzene rings is 1. The summed E-state index contributed by atoms with van der Waals surface area (Å²) < 4.78 is 0. The van der Waals surface area contributed by atoms with E-state index in [1.807, 2.05) is 12.1 Å². The average molecular weight is 269 g/mol. The number of hydrogen-bond donors (Lipinski definition) is 2. The lowest BCUT2D eigenvalue weighted by Crippen LogP contribution is -2.27. The third kappa shape index (κ3) is 3.03. The maximum Gasteiger partial charge on any atom is 0.251 e. The van der Waals surface area contributed by atoms with Crippen LogP contribution in [0.15, 0.2) is 18.2 Å². The molecule has 1 aromatic carbocycles. The fourth-order valence-corrected chi connectivity index (χ4v) is 2.61. The summed E-state index contributed by atoms with van der Waals surface area (Å²) in [6.45, 7) is 4.21. The molecule has 18 heavy (non-hydrogen) atoms. The summed E-state index contributed by atoms with van der Waals surface area (Å²) >= 11 is 0. The summed E-state index contributed by atoms with van der Waals surface area (Å²) in [6, 6.07) is 6.06. The lowest BCUT2D eigenvalue weighted by Gasteiger charge is -2.25. The molecule has 1 aliphatic rings. The Labute approximate surface area is 115 Å². The third-order valence-electron chi connectivity index (χ3n) is 3.63. The molecule has 1 amide bonds. The molecule has 0 spiro atoms. The summed E-state index contributed by atoms with van der Waals surface area (Å²) in [4.78, 5) is 11.7. The summed E-state index contributed by atoms with van der Waals surface area (Å²) in [6.07, 6.45) is 2.33. The maximum absolute atomic E-state index is 11.7. The molecule has 1 fully saturated rings. The highest BCUT2D eigenvalue weighted by Gasteiger charge is 2.19. The van der Waals surface area contributed by atoms with Crippen LogP contribution >= 0.6 is 12.4 Å². The minimum Gasteiger partial charge on any atom is -0.355 e. The quantitative estimate of drug-likeness (QED) is 0.864. The SMILES string of the molecule is CNC(=O)c1cccc(C2CCNCC2)c1C.Cl. The van der Waals surface area contributed by atoms with Crippen LogP contribution in [0.1, 0.15) is 40.2 Å². The van der Waals surface area contributed by atoms with Crippen LogP contribution in [0.2, 0.25) is 0 Å². The van der Waals surface area contributed by atoms with E-state index in [1.165, 1.54) is 5.56 Å². The first-order chi connectivity index (χ1) is 8.24.